The molecule has 8 heteroatoms. The molecule has 28 heavy (non-hydrogen) atoms. The summed E-state index contributed by atoms with van der Waals surface area (Å²) in [4.78, 5) is 0.743. The van der Waals surface area contributed by atoms with E-state index >= 15 is 0 Å². The Bertz CT molecular complexity index is 1270. The molecule has 5 aromatic rings. The van der Waals surface area contributed by atoms with Gasteiger partial charge in [-0.05, 0) is 43.3 Å². The van der Waals surface area contributed by atoms with Gasteiger partial charge in [-0.1, -0.05) is 35.1 Å². The van der Waals surface area contributed by atoms with E-state index in [4.69, 9.17) is 9.84 Å². The highest BCUT2D eigenvalue weighted by Crippen LogP contribution is 2.30. The van der Waals surface area contributed by atoms with Crippen LogP contribution < -0.4 is 4.74 Å². The number of hydrogen-bond acceptors (Lipinski definition) is 6. The van der Waals surface area contributed by atoms with Gasteiger partial charge in [0.2, 0.25) is 4.96 Å². The van der Waals surface area contributed by atoms with Gasteiger partial charge >= 0.3 is 0 Å². The molecule has 0 fully saturated rings. The quantitative estimate of drug-likeness (QED) is 0.498. The second kappa shape index (κ2) is 6.58. The second-order valence-electron chi connectivity index (χ2n) is 6.39. The second-order valence-corrected chi connectivity index (χ2v) is 7.35. The van der Waals surface area contributed by atoms with Crippen molar-refractivity contribution in [2.24, 2.45) is 0 Å². The molecule has 5 rings (SSSR count). The van der Waals surface area contributed by atoms with Gasteiger partial charge in [0.25, 0.3) is 0 Å². The average molecular weight is 388 g/mol. The highest BCUT2D eigenvalue weighted by atomic mass is 32.1. The van der Waals surface area contributed by atoms with Crippen LogP contribution in [0.25, 0.3) is 38.3 Å². The van der Waals surface area contributed by atoms with Gasteiger partial charge in [0.05, 0.1) is 18.5 Å². The van der Waals surface area contributed by atoms with E-state index in [1.54, 1.807) is 11.6 Å². The summed E-state index contributed by atoms with van der Waals surface area (Å²) >= 11 is 1.47. The Morgan fingerprint density at radius 3 is 2.64 bits per heavy atom. The van der Waals surface area contributed by atoms with E-state index in [9.17, 15) is 0 Å². The average Bonchev–Trinajstić information content (AvgIpc) is 3.43. The monoisotopic (exact) mass is 388 g/mol. The maximum atomic E-state index is 5.21. The van der Waals surface area contributed by atoms with Crippen molar-refractivity contribution in [3.8, 4) is 39.1 Å². The van der Waals surface area contributed by atoms with Crippen molar-refractivity contribution in [1.82, 2.24) is 30.0 Å². The van der Waals surface area contributed by atoms with E-state index in [-0.39, 0.29) is 0 Å². The van der Waals surface area contributed by atoms with Crippen LogP contribution in [0.15, 0.2) is 54.6 Å². The van der Waals surface area contributed by atoms with E-state index in [1.165, 1.54) is 16.9 Å². The summed E-state index contributed by atoms with van der Waals surface area (Å²) in [6, 6.07) is 17.9. The van der Waals surface area contributed by atoms with Gasteiger partial charge in [-0.3, -0.25) is 5.10 Å². The molecular weight excluding hydrogens is 372 g/mol. The third kappa shape index (κ3) is 2.84. The number of aryl methyl sites for hydroxylation is 1. The van der Waals surface area contributed by atoms with Crippen LogP contribution in [0.3, 0.4) is 0 Å². The maximum Gasteiger partial charge on any atom is 0.235 e. The summed E-state index contributed by atoms with van der Waals surface area (Å²) in [6.07, 6.45) is 0. The first-order valence-electron chi connectivity index (χ1n) is 8.71. The summed E-state index contributed by atoms with van der Waals surface area (Å²) in [6.45, 7) is 2.06. The molecule has 0 aliphatic heterocycles. The van der Waals surface area contributed by atoms with Gasteiger partial charge < -0.3 is 4.74 Å². The van der Waals surface area contributed by atoms with Crippen molar-refractivity contribution < 1.29 is 4.74 Å². The summed E-state index contributed by atoms with van der Waals surface area (Å²) in [5.41, 5.74) is 4.86. The summed E-state index contributed by atoms with van der Waals surface area (Å²) in [5, 5.41) is 21.6. The third-order valence-electron chi connectivity index (χ3n) is 4.46. The number of benzene rings is 2. The summed E-state index contributed by atoms with van der Waals surface area (Å²) in [5.74, 6) is 1.55. The minimum Gasteiger partial charge on any atom is -0.497 e. The topological polar surface area (TPSA) is 81.0 Å². The molecule has 0 amide bonds. The largest absolute Gasteiger partial charge is 0.497 e. The SMILES string of the molecule is COc1ccc(-c2cc(-c3nn4c(-c5cccc(C)c5)nnc4s3)[nH]n2)cc1. The normalized spacial score (nSPS) is 11.2. The molecule has 0 bridgehead atoms. The Hall–Kier alpha value is -3.52. The number of rotatable bonds is 4. The molecule has 1 N–H and O–H groups in total. The van der Waals surface area contributed by atoms with Gasteiger partial charge in [0, 0.05) is 11.1 Å². The van der Waals surface area contributed by atoms with E-state index in [2.05, 4.69) is 39.5 Å². The molecule has 2 aromatic carbocycles. The van der Waals surface area contributed by atoms with Crippen LogP contribution in [-0.4, -0.2) is 37.1 Å². The van der Waals surface area contributed by atoms with Crippen LogP contribution in [0.1, 0.15) is 5.56 Å². The van der Waals surface area contributed by atoms with Gasteiger partial charge in [0.15, 0.2) is 10.8 Å². The number of H-pyrrole nitrogens is 1. The van der Waals surface area contributed by atoms with Crippen molar-refractivity contribution in [3.63, 3.8) is 0 Å². The number of fused-ring (bicyclic) bond motifs is 1. The highest BCUT2D eigenvalue weighted by molar-refractivity contribution is 7.19. The predicted molar refractivity (Wildman–Crippen MR) is 108 cm³/mol. The molecular formula is C20H16N6OS. The first-order valence-corrected chi connectivity index (χ1v) is 9.52. The van der Waals surface area contributed by atoms with Gasteiger partial charge in [0.1, 0.15) is 5.75 Å². The minimum atomic E-state index is 0.732. The Labute approximate surface area is 164 Å². The fourth-order valence-corrected chi connectivity index (χ4v) is 3.84. The van der Waals surface area contributed by atoms with Crippen LogP contribution in [-0.2, 0) is 0 Å². The number of nitrogens with zero attached hydrogens (tertiary/aromatic N) is 5. The Balaban J connectivity index is 1.51. The van der Waals surface area contributed by atoms with Gasteiger partial charge in [-0.15, -0.1) is 10.2 Å². The zero-order valence-corrected chi connectivity index (χ0v) is 16.1. The molecule has 0 saturated carbocycles. The molecule has 0 radical (unpaired) electrons. The van der Waals surface area contributed by atoms with Crippen LogP contribution in [0, 0.1) is 6.92 Å². The molecule has 138 valence electrons. The zero-order chi connectivity index (χ0) is 19.1. The lowest BCUT2D eigenvalue weighted by Gasteiger charge is -1.99. The first-order chi connectivity index (χ1) is 13.7. The Kier molecular flexibility index (Phi) is 3.91. The zero-order valence-electron chi connectivity index (χ0n) is 15.2. The molecule has 7 nitrogen and oxygen atoms in total. The number of ether oxygens (including phenoxy) is 1. The fraction of sp³-hybridized carbons (Fsp3) is 0.100. The number of aromatic nitrogens is 6. The molecule has 0 aliphatic carbocycles. The summed E-state index contributed by atoms with van der Waals surface area (Å²) < 4.78 is 6.99. The molecule has 0 saturated heterocycles. The van der Waals surface area contributed by atoms with Crippen molar-refractivity contribution in [2.45, 2.75) is 6.92 Å². The van der Waals surface area contributed by atoms with Crippen LogP contribution in [0.2, 0.25) is 0 Å². The fourth-order valence-electron chi connectivity index (χ4n) is 3.03. The molecule has 3 heterocycles. The number of hydrogen-bond donors (Lipinski definition) is 1. The van der Waals surface area contributed by atoms with Crippen LogP contribution >= 0.6 is 11.3 Å². The lowest BCUT2D eigenvalue weighted by atomic mass is 10.1. The Morgan fingerprint density at radius 2 is 1.86 bits per heavy atom. The van der Waals surface area contributed by atoms with E-state index in [0.29, 0.717) is 0 Å². The third-order valence-corrected chi connectivity index (χ3v) is 5.39. The Morgan fingerprint density at radius 1 is 1.00 bits per heavy atom. The maximum absolute atomic E-state index is 5.21. The van der Waals surface area contributed by atoms with Crippen molar-refractivity contribution in [1.29, 1.82) is 0 Å². The van der Waals surface area contributed by atoms with Crippen molar-refractivity contribution >= 4 is 16.3 Å². The number of nitrogens with one attached hydrogen (secondary N) is 1. The van der Waals surface area contributed by atoms with Crippen molar-refractivity contribution in [2.75, 3.05) is 7.11 Å². The lowest BCUT2D eigenvalue weighted by molar-refractivity contribution is 0.415. The van der Waals surface area contributed by atoms with E-state index in [1.807, 2.05) is 42.5 Å². The first kappa shape index (κ1) is 16.6. The van der Waals surface area contributed by atoms with E-state index < -0.39 is 0 Å². The van der Waals surface area contributed by atoms with Crippen LogP contribution in [0.4, 0.5) is 0 Å². The van der Waals surface area contributed by atoms with E-state index in [0.717, 1.165) is 44.1 Å². The molecule has 3 aromatic heterocycles. The molecule has 0 unspecified atom stereocenters. The molecule has 0 atom stereocenters. The van der Waals surface area contributed by atoms with Gasteiger partial charge in [-0.2, -0.15) is 14.7 Å². The standard InChI is InChI=1S/C20H16N6OS/c1-12-4-3-5-14(10-12)18-23-24-20-26(18)25-19(28-20)17-11-16(21-22-17)13-6-8-15(27-2)9-7-13/h3-11H,1-2H3,(H,21,22). The lowest BCUT2D eigenvalue weighted by Crippen LogP contribution is -1.91. The number of aromatic amines is 1. The number of methoxy groups -OCH3 is 1. The highest BCUT2D eigenvalue weighted by Gasteiger charge is 2.16. The van der Waals surface area contributed by atoms with Gasteiger partial charge in [-0.25, -0.2) is 0 Å². The minimum absolute atomic E-state index is 0.732. The van der Waals surface area contributed by atoms with Crippen LogP contribution in [0.5, 0.6) is 5.75 Å². The molecule has 0 aliphatic rings. The predicted octanol–water partition coefficient (Wildman–Crippen LogP) is 4.23. The van der Waals surface area contributed by atoms with Crippen molar-refractivity contribution in [3.05, 3.63) is 60.2 Å². The smallest absolute Gasteiger partial charge is 0.235 e. The summed E-state index contributed by atoms with van der Waals surface area (Å²) in [7, 11) is 1.65. The molecule has 0 spiro atoms.